The van der Waals surface area contributed by atoms with Crippen LogP contribution in [0.2, 0.25) is 0 Å². The van der Waals surface area contributed by atoms with Gasteiger partial charge in [0.2, 0.25) is 5.91 Å². The number of aryl methyl sites for hydroxylation is 2. The molecule has 1 amide bonds. The number of anilines is 1. The van der Waals surface area contributed by atoms with Gasteiger partial charge < -0.3 is 10.2 Å². The molecule has 4 heteroatoms. The molecule has 0 aromatic heterocycles. The maximum Gasteiger partial charge on any atom is 0.227 e. The zero-order valence-electron chi connectivity index (χ0n) is 14.0. The standard InChI is InChI=1S/C19H27FN2O/c1-14(7-10-22-11-8-17(20)9-12-22)19(23)21-18-6-5-15-3-2-4-16(15)13-18/h5-6,13-14,17H,2-4,7-12H2,1H3,(H,21,23)/t14-/m0/s1. The summed E-state index contributed by atoms with van der Waals surface area (Å²) in [6, 6.07) is 6.28. The lowest BCUT2D eigenvalue weighted by Gasteiger charge is -2.29. The van der Waals surface area contributed by atoms with Crippen molar-refractivity contribution in [2.24, 2.45) is 5.92 Å². The Labute approximate surface area is 138 Å². The van der Waals surface area contributed by atoms with Crippen LogP contribution >= 0.6 is 0 Å². The molecule has 0 saturated carbocycles. The summed E-state index contributed by atoms with van der Waals surface area (Å²) in [5.41, 5.74) is 3.72. The van der Waals surface area contributed by atoms with Crippen molar-refractivity contribution in [2.45, 2.75) is 51.6 Å². The number of nitrogens with one attached hydrogen (secondary N) is 1. The summed E-state index contributed by atoms with van der Waals surface area (Å²) in [6.07, 6.45) is 4.97. The number of carbonyl (C=O) groups is 1. The van der Waals surface area contributed by atoms with E-state index >= 15 is 0 Å². The number of hydrogen-bond acceptors (Lipinski definition) is 2. The molecule has 1 aromatic carbocycles. The van der Waals surface area contributed by atoms with Crippen LogP contribution in [0.3, 0.4) is 0 Å². The second-order valence-electron chi connectivity index (χ2n) is 7.03. The first-order valence-corrected chi connectivity index (χ1v) is 8.91. The van der Waals surface area contributed by atoms with Crippen LogP contribution in [-0.2, 0) is 17.6 Å². The first kappa shape index (κ1) is 16.4. The molecule has 1 aromatic rings. The predicted octanol–water partition coefficient (Wildman–Crippen LogP) is 3.57. The Bertz CT molecular complexity index is 552. The van der Waals surface area contributed by atoms with Crippen LogP contribution in [0.15, 0.2) is 18.2 Å². The molecule has 1 atom stereocenters. The molecule has 0 radical (unpaired) electrons. The third-order valence-corrected chi connectivity index (χ3v) is 5.21. The molecular formula is C19H27FN2O. The Kier molecular flexibility index (Phi) is 5.31. The minimum absolute atomic E-state index is 0.0219. The monoisotopic (exact) mass is 318 g/mol. The predicted molar refractivity (Wildman–Crippen MR) is 91.4 cm³/mol. The molecule has 1 saturated heterocycles. The Morgan fingerprint density at radius 3 is 2.83 bits per heavy atom. The van der Waals surface area contributed by atoms with Gasteiger partial charge in [-0.05, 0) is 68.3 Å². The molecule has 1 N–H and O–H groups in total. The molecule has 23 heavy (non-hydrogen) atoms. The van der Waals surface area contributed by atoms with Gasteiger partial charge in [-0.1, -0.05) is 13.0 Å². The summed E-state index contributed by atoms with van der Waals surface area (Å²) in [6.45, 7) is 4.50. The van der Waals surface area contributed by atoms with Crippen LogP contribution in [0.25, 0.3) is 0 Å². The minimum Gasteiger partial charge on any atom is -0.326 e. The van der Waals surface area contributed by atoms with E-state index in [9.17, 15) is 9.18 Å². The zero-order valence-corrected chi connectivity index (χ0v) is 14.0. The Balaban J connectivity index is 1.46. The van der Waals surface area contributed by atoms with E-state index in [4.69, 9.17) is 0 Å². The molecule has 1 aliphatic heterocycles. The Morgan fingerprint density at radius 2 is 2.04 bits per heavy atom. The fraction of sp³-hybridized carbons (Fsp3) is 0.632. The number of rotatable bonds is 5. The van der Waals surface area contributed by atoms with E-state index in [1.807, 2.05) is 13.0 Å². The van der Waals surface area contributed by atoms with Crippen molar-refractivity contribution < 1.29 is 9.18 Å². The quantitative estimate of drug-likeness (QED) is 0.900. The van der Waals surface area contributed by atoms with Gasteiger partial charge in [0.05, 0.1) is 0 Å². The van der Waals surface area contributed by atoms with Crippen molar-refractivity contribution in [1.29, 1.82) is 0 Å². The number of piperidine rings is 1. The van der Waals surface area contributed by atoms with Crippen molar-refractivity contribution >= 4 is 11.6 Å². The summed E-state index contributed by atoms with van der Waals surface area (Å²) in [5, 5.41) is 3.05. The SMILES string of the molecule is C[C@@H](CCN1CCC(F)CC1)C(=O)Nc1ccc2c(c1)CCC2. The molecule has 0 unspecified atom stereocenters. The molecule has 1 fully saturated rings. The second-order valence-corrected chi connectivity index (χ2v) is 7.03. The Hall–Kier alpha value is -1.42. The van der Waals surface area contributed by atoms with E-state index in [0.717, 1.165) is 44.6 Å². The van der Waals surface area contributed by atoms with E-state index in [1.54, 1.807) is 0 Å². The van der Waals surface area contributed by atoms with E-state index < -0.39 is 6.17 Å². The lowest BCUT2D eigenvalue weighted by atomic mass is 10.0. The highest BCUT2D eigenvalue weighted by Gasteiger charge is 2.20. The lowest BCUT2D eigenvalue weighted by Crippen LogP contribution is -2.36. The highest BCUT2D eigenvalue weighted by Crippen LogP contribution is 2.25. The maximum atomic E-state index is 13.1. The normalized spacial score (nSPS) is 20.3. The summed E-state index contributed by atoms with van der Waals surface area (Å²) < 4.78 is 13.1. The van der Waals surface area contributed by atoms with Crippen LogP contribution < -0.4 is 5.32 Å². The number of halogens is 1. The van der Waals surface area contributed by atoms with Gasteiger partial charge in [0, 0.05) is 24.7 Å². The summed E-state index contributed by atoms with van der Waals surface area (Å²) in [5.74, 6) is 0.0645. The molecule has 3 rings (SSSR count). The van der Waals surface area contributed by atoms with E-state index in [0.29, 0.717) is 12.8 Å². The van der Waals surface area contributed by atoms with Crippen LogP contribution in [-0.4, -0.2) is 36.6 Å². The number of amides is 1. The molecule has 0 spiro atoms. The zero-order chi connectivity index (χ0) is 16.2. The number of alkyl halides is 1. The van der Waals surface area contributed by atoms with Crippen LogP contribution in [0, 0.1) is 5.92 Å². The largest absolute Gasteiger partial charge is 0.326 e. The fourth-order valence-electron chi connectivity index (χ4n) is 3.55. The van der Waals surface area contributed by atoms with Crippen LogP contribution in [0.5, 0.6) is 0 Å². The molecule has 0 bridgehead atoms. The van der Waals surface area contributed by atoms with Crippen molar-refractivity contribution in [3.63, 3.8) is 0 Å². The fourth-order valence-corrected chi connectivity index (χ4v) is 3.55. The summed E-state index contributed by atoms with van der Waals surface area (Å²) in [7, 11) is 0. The van der Waals surface area contributed by atoms with E-state index in [2.05, 4.69) is 22.3 Å². The van der Waals surface area contributed by atoms with Crippen molar-refractivity contribution in [3.05, 3.63) is 29.3 Å². The average Bonchev–Trinajstić information content (AvgIpc) is 3.01. The first-order chi connectivity index (χ1) is 11.1. The summed E-state index contributed by atoms with van der Waals surface area (Å²) >= 11 is 0. The number of fused-ring (bicyclic) bond motifs is 1. The smallest absolute Gasteiger partial charge is 0.227 e. The van der Waals surface area contributed by atoms with Crippen LogP contribution in [0.1, 0.15) is 43.7 Å². The molecule has 1 heterocycles. The molecular weight excluding hydrogens is 291 g/mol. The molecule has 2 aliphatic rings. The number of carbonyl (C=O) groups excluding carboxylic acids is 1. The molecule has 3 nitrogen and oxygen atoms in total. The molecule has 1 aliphatic carbocycles. The maximum absolute atomic E-state index is 13.1. The van der Waals surface area contributed by atoms with Crippen molar-refractivity contribution in [1.82, 2.24) is 4.90 Å². The van der Waals surface area contributed by atoms with E-state index in [-0.39, 0.29) is 11.8 Å². The highest BCUT2D eigenvalue weighted by atomic mass is 19.1. The van der Waals surface area contributed by atoms with Gasteiger partial charge in [0.1, 0.15) is 6.17 Å². The van der Waals surface area contributed by atoms with Gasteiger partial charge in [-0.15, -0.1) is 0 Å². The van der Waals surface area contributed by atoms with Crippen LogP contribution in [0.4, 0.5) is 10.1 Å². The highest BCUT2D eigenvalue weighted by molar-refractivity contribution is 5.92. The number of likely N-dealkylation sites (tertiary alicyclic amines) is 1. The Morgan fingerprint density at radius 1 is 1.30 bits per heavy atom. The van der Waals surface area contributed by atoms with E-state index in [1.165, 1.54) is 17.5 Å². The number of hydrogen-bond donors (Lipinski definition) is 1. The van der Waals surface area contributed by atoms with Crippen molar-refractivity contribution in [3.8, 4) is 0 Å². The lowest BCUT2D eigenvalue weighted by molar-refractivity contribution is -0.119. The third kappa shape index (κ3) is 4.31. The van der Waals surface area contributed by atoms with Gasteiger partial charge in [0.25, 0.3) is 0 Å². The third-order valence-electron chi connectivity index (χ3n) is 5.21. The van der Waals surface area contributed by atoms with Gasteiger partial charge in [-0.2, -0.15) is 0 Å². The number of benzene rings is 1. The van der Waals surface area contributed by atoms with Gasteiger partial charge in [0.15, 0.2) is 0 Å². The topological polar surface area (TPSA) is 32.3 Å². The first-order valence-electron chi connectivity index (χ1n) is 8.91. The van der Waals surface area contributed by atoms with Gasteiger partial charge in [-0.3, -0.25) is 4.79 Å². The minimum atomic E-state index is -0.633. The number of nitrogens with zero attached hydrogens (tertiary/aromatic N) is 1. The second kappa shape index (κ2) is 7.43. The molecule has 126 valence electrons. The van der Waals surface area contributed by atoms with Crippen molar-refractivity contribution in [2.75, 3.05) is 25.0 Å². The van der Waals surface area contributed by atoms with Gasteiger partial charge in [-0.25, -0.2) is 4.39 Å². The van der Waals surface area contributed by atoms with Gasteiger partial charge >= 0.3 is 0 Å². The summed E-state index contributed by atoms with van der Waals surface area (Å²) in [4.78, 5) is 14.6. The average molecular weight is 318 g/mol.